The van der Waals surface area contributed by atoms with E-state index in [2.05, 4.69) is 93.0 Å². The van der Waals surface area contributed by atoms with Gasteiger partial charge in [-0.2, -0.15) is 0 Å². The van der Waals surface area contributed by atoms with Crippen molar-refractivity contribution < 1.29 is 34.6 Å². The van der Waals surface area contributed by atoms with Crippen LogP contribution >= 0.6 is 0 Å². The maximum absolute atomic E-state index is 6.74. The molecule has 0 radical (unpaired) electrons. The Morgan fingerprint density at radius 3 is 2.17 bits per heavy atom. The minimum atomic E-state index is -0.0696. The number of imidazole rings is 2. The van der Waals surface area contributed by atoms with E-state index in [1.165, 1.54) is 5.56 Å². The Morgan fingerprint density at radius 2 is 1.40 bits per heavy atom. The molecule has 0 bridgehead atoms. The quantitative estimate of drug-likeness (QED) is 0.164. The summed E-state index contributed by atoms with van der Waals surface area (Å²) in [5.74, 6) is 2.42. The molecule has 0 N–H and O–H groups in total. The van der Waals surface area contributed by atoms with Gasteiger partial charge in [-0.25, -0.2) is 9.97 Å². The van der Waals surface area contributed by atoms with E-state index in [9.17, 15) is 0 Å². The average Bonchev–Trinajstić information content (AvgIpc) is 3.87. The Balaban J connectivity index is 0.00000360. The van der Waals surface area contributed by atoms with Crippen LogP contribution in [0.25, 0.3) is 78.0 Å². The van der Waals surface area contributed by atoms with Crippen molar-refractivity contribution in [3.63, 3.8) is 0 Å². The molecule has 258 valence electrons. The Morgan fingerprint density at radius 1 is 0.692 bits per heavy atom. The van der Waals surface area contributed by atoms with E-state index < -0.39 is 0 Å². The topological polar surface area (TPSA) is 83.5 Å². The first-order chi connectivity index (χ1) is 24.5. The zero-order valence-electron chi connectivity index (χ0n) is 29.4. The van der Waals surface area contributed by atoms with E-state index in [-0.39, 0.29) is 31.9 Å². The number of furan rings is 2. The van der Waals surface area contributed by atoms with Crippen LogP contribution in [0.1, 0.15) is 52.7 Å². The smallest absolute Gasteiger partial charge is 0.500 e. The normalized spacial score (nSPS) is 12.7. The first-order valence-electron chi connectivity index (χ1n) is 17.1. The molecule has 4 aromatic carbocycles. The van der Waals surface area contributed by atoms with E-state index in [0.717, 1.165) is 66.9 Å². The average molecular weight is 863 g/mol. The molecule has 0 unspecified atom stereocenters. The number of aromatic nitrogens is 5. The zero-order chi connectivity index (χ0) is 34.8. The van der Waals surface area contributed by atoms with E-state index in [1.807, 2.05) is 60.9 Å². The summed E-state index contributed by atoms with van der Waals surface area (Å²) >= 11 is 0. The molecule has 8 nitrogen and oxygen atoms in total. The van der Waals surface area contributed by atoms with Crippen LogP contribution < -0.4 is 4.74 Å². The maximum atomic E-state index is 6.74. The molecule has 6 aromatic heterocycles. The van der Waals surface area contributed by atoms with E-state index in [4.69, 9.17) is 28.5 Å². The number of benzene rings is 4. The summed E-state index contributed by atoms with van der Waals surface area (Å²) in [4.78, 5) is 14.7. The molecule has 10 rings (SSSR count). The SMILES string of the molecule is CC(C)(C)c1ccnc(-c2[c-]c(Oc3[c-]c4c(cc3)n3c5ccccc5nc3n4-c3cc(C(C)(C)C)ccn3)c3oc4cccc5oc2c3c45)c1.[Pt+2]. The second-order valence-corrected chi connectivity index (χ2v) is 15.3. The third-order valence-electron chi connectivity index (χ3n) is 9.81. The summed E-state index contributed by atoms with van der Waals surface area (Å²) < 4.78 is 23.9. The number of pyridine rings is 2. The third-order valence-corrected chi connectivity index (χ3v) is 9.81. The molecule has 0 amide bonds. The Labute approximate surface area is 313 Å². The van der Waals surface area contributed by atoms with Gasteiger partial charge in [-0.1, -0.05) is 77.4 Å². The fourth-order valence-electron chi connectivity index (χ4n) is 7.13. The summed E-state index contributed by atoms with van der Waals surface area (Å²) in [5.41, 5.74) is 9.96. The van der Waals surface area contributed by atoms with Crippen molar-refractivity contribution in [1.29, 1.82) is 0 Å². The number of rotatable bonds is 4. The van der Waals surface area contributed by atoms with Gasteiger partial charge in [0.15, 0.2) is 0 Å². The molecule has 0 atom stereocenters. The summed E-state index contributed by atoms with van der Waals surface area (Å²) in [6.45, 7) is 13.2. The number of ether oxygens (including phenoxy) is 1. The second kappa shape index (κ2) is 11.3. The maximum Gasteiger partial charge on any atom is 2.00 e. The van der Waals surface area contributed by atoms with Crippen LogP contribution in [0, 0.1) is 12.1 Å². The van der Waals surface area contributed by atoms with Gasteiger partial charge in [0.2, 0.25) is 5.78 Å². The predicted molar refractivity (Wildman–Crippen MR) is 200 cm³/mol. The van der Waals surface area contributed by atoms with Crippen LogP contribution in [0.4, 0.5) is 0 Å². The van der Waals surface area contributed by atoms with Gasteiger partial charge >= 0.3 is 21.1 Å². The van der Waals surface area contributed by atoms with Crippen molar-refractivity contribution >= 4 is 60.9 Å². The molecule has 10 aromatic rings. The van der Waals surface area contributed by atoms with Gasteiger partial charge in [0, 0.05) is 18.1 Å². The van der Waals surface area contributed by atoms with Crippen molar-refractivity contribution in [2.75, 3.05) is 0 Å². The number of fused-ring (bicyclic) bond motifs is 5. The van der Waals surface area contributed by atoms with E-state index in [0.29, 0.717) is 28.2 Å². The predicted octanol–water partition coefficient (Wildman–Crippen LogP) is 11.0. The van der Waals surface area contributed by atoms with Crippen LogP contribution in [0.3, 0.4) is 0 Å². The fraction of sp³-hybridized carbons (Fsp3) is 0.186. The van der Waals surface area contributed by atoms with Gasteiger partial charge in [0.25, 0.3) is 0 Å². The van der Waals surface area contributed by atoms with Crippen LogP contribution in [-0.4, -0.2) is 23.9 Å². The molecule has 0 aliphatic heterocycles. The summed E-state index contributed by atoms with van der Waals surface area (Å²) in [6.07, 6.45) is 3.70. The molecule has 0 saturated carbocycles. The van der Waals surface area contributed by atoms with E-state index >= 15 is 0 Å². The summed E-state index contributed by atoms with van der Waals surface area (Å²) in [7, 11) is 0. The first-order valence-corrected chi connectivity index (χ1v) is 17.1. The minimum Gasteiger partial charge on any atom is -0.500 e. The monoisotopic (exact) mass is 862 g/mol. The largest absolute Gasteiger partial charge is 2.00 e. The molecular weight excluding hydrogens is 830 g/mol. The molecular formula is C43H33N5O3Pt. The van der Waals surface area contributed by atoms with Crippen LogP contribution in [-0.2, 0) is 31.9 Å². The fourth-order valence-corrected chi connectivity index (χ4v) is 7.13. The summed E-state index contributed by atoms with van der Waals surface area (Å²) in [6, 6.07) is 33.4. The van der Waals surface area contributed by atoms with Gasteiger partial charge in [-0.05, 0) is 86.5 Å². The number of hydrogen-bond acceptors (Lipinski definition) is 6. The zero-order valence-corrected chi connectivity index (χ0v) is 31.7. The molecule has 9 heteroatoms. The number of para-hydroxylation sites is 2. The van der Waals surface area contributed by atoms with Crippen molar-refractivity contribution in [2.24, 2.45) is 0 Å². The van der Waals surface area contributed by atoms with E-state index in [1.54, 1.807) is 0 Å². The summed E-state index contributed by atoms with van der Waals surface area (Å²) in [5, 5.41) is 1.77. The molecule has 6 heterocycles. The molecule has 0 aliphatic carbocycles. The second-order valence-electron chi connectivity index (χ2n) is 15.3. The van der Waals surface area contributed by atoms with Gasteiger partial charge in [0.05, 0.1) is 33.3 Å². The first kappa shape index (κ1) is 32.4. The van der Waals surface area contributed by atoms with Gasteiger partial charge in [-0.3, -0.25) is 4.57 Å². The third kappa shape index (κ3) is 4.81. The molecule has 0 saturated heterocycles. The van der Waals surface area contributed by atoms with Crippen molar-refractivity contribution in [3.8, 4) is 28.6 Å². The molecule has 0 aliphatic rings. The Hall–Kier alpha value is -5.46. The van der Waals surface area contributed by atoms with Gasteiger partial charge < -0.3 is 23.0 Å². The van der Waals surface area contributed by atoms with Gasteiger partial charge in [0.1, 0.15) is 17.0 Å². The van der Waals surface area contributed by atoms with Crippen LogP contribution in [0.2, 0.25) is 0 Å². The number of hydrogen-bond donors (Lipinski definition) is 0. The molecule has 0 fully saturated rings. The van der Waals surface area contributed by atoms with Crippen LogP contribution in [0.15, 0.2) is 100 Å². The van der Waals surface area contributed by atoms with Crippen molar-refractivity contribution in [3.05, 3.63) is 115 Å². The van der Waals surface area contributed by atoms with Crippen LogP contribution in [0.5, 0.6) is 11.5 Å². The van der Waals surface area contributed by atoms with Gasteiger partial charge in [-0.15, -0.1) is 18.2 Å². The molecule has 52 heavy (non-hydrogen) atoms. The number of nitrogens with zero attached hydrogens (tertiary/aromatic N) is 5. The Kier molecular flexibility index (Phi) is 7.03. The molecule has 0 spiro atoms. The van der Waals surface area contributed by atoms with Crippen molar-refractivity contribution in [1.82, 2.24) is 23.9 Å². The Bertz CT molecular complexity index is 2990. The standard InChI is InChI=1S/C43H33N5O3.Pt/c1-42(2,3)24-16-18-44-29(20-24)27-23-35(40-38-37-33(50-39(27)38)12-9-13-34(37)51-40)49-26-14-15-31-32(22-26)48(36-21-25(17-19-45-36)43(4,5)6)41-46-28-10-7-8-11-30(28)47(31)41;/h7-21H,1-6H3;/q-2;+2. The van der Waals surface area contributed by atoms with Crippen molar-refractivity contribution in [2.45, 2.75) is 52.4 Å². The minimum absolute atomic E-state index is 0.